The summed E-state index contributed by atoms with van der Waals surface area (Å²) in [6.07, 6.45) is 8.98. The number of aliphatic hydroxyl groups is 1. The van der Waals surface area contributed by atoms with Crippen molar-refractivity contribution in [3.8, 4) is 0 Å². The van der Waals surface area contributed by atoms with E-state index in [1.807, 2.05) is 6.08 Å². The highest BCUT2D eigenvalue weighted by Crippen LogP contribution is 2.66. The monoisotopic (exact) mass is 407 g/mol. The van der Waals surface area contributed by atoms with Crippen molar-refractivity contribution in [2.45, 2.75) is 105 Å². The predicted octanol–water partition coefficient (Wildman–Crippen LogP) is 6.57. The molecule has 4 aliphatic carbocycles. The number of allylic oxidation sites excluding steroid dienone is 1. The fourth-order valence-electron chi connectivity index (χ4n) is 8.16. The van der Waals surface area contributed by atoms with E-state index in [-0.39, 0.29) is 41.0 Å². The summed E-state index contributed by atoms with van der Waals surface area (Å²) in [5, 5.41) is 10.2. The molecule has 0 radical (unpaired) electrons. The van der Waals surface area contributed by atoms with E-state index in [2.05, 4.69) is 20.8 Å². The fourth-order valence-corrected chi connectivity index (χ4v) is 8.16. The lowest BCUT2D eigenvalue weighted by Gasteiger charge is -2.57. The summed E-state index contributed by atoms with van der Waals surface area (Å²) in [6, 6.07) is 0. The lowest BCUT2D eigenvalue weighted by Crippen LogP contribution is -2.53. The summed E-state index contributed by atoms with van der Waals surface area (Å²) < 4.78 is 54.4. The third-order valence-corrected chi connectivity index (χ3v) is 9.77. The van der Waals surface area contributed by atoms with Crippen LogP contribution in [0.25, 0.3) is 0 Å². The molecule has 3 saturated carbocycles. The van der Waals surface area contributed by atoms with Gasteiger partial charge in [0.25, 0.3) is 0 Å². The molecule has 1 N–H and O–H groups in total. The van der Waals surface area contributed by atoms with E-state index in [4.69, 9.17) is 9.60 Å². The van der Waals surface area contributed by atoms with Crippen LogP contribution >= 0.6 is 0 Å². The molecule has 2 nitrogen and oxygen atoms in total. The molecule has 29 heavy (non-hydrogen) atoms. The normalized spacial score (nSPS) is 50.2. The molecule has 0 heterocycles. The summed E-state index contributed by atoms with van der Waals surface area (Å²) in [4.78, 5) is 13.5. The van der Waals surface area contributed by atoms with Crippen LogP contribution in [0.3, 0.4) is 0 Å². The van der Waals surface area contributed by atoms with Crippen LogP contribution in [0.5, 0.6) is 0 Å². The van der Waals surface area contributed by atoms with Crippen LogP contribution in [0, 0.1) is 46.3 Å². The third kappa shape index (κ3) is 3.56. The molecular weight excluding hydrogens is 356 g/mol. The molecule has 0 aromatic carbocycles. The van der Waals surface area contributed by atoms with Crippen molar-refractivity contribution < 1.29 is 19.5 Å². The van der Waals surface area contributed by atoms with E-state index in [1.54, 1.807) is 0 Å². The number of fused-ring (bicyclic) bond motifs is 5. The molecule has 4 aliphatic rings. The Morgan fingerprint density at radius 3 is 2.72 bits per heavy atom. The highest BCUT2D eigenvalue weighted by atomic mass is 16.3. The predicted molar refractivity (Wildman–Crippen MR) is 119 cm³/mol. The SMILES string of the molecule is [2H]C([2H])([2H])C([2H])(CCC[C@@H](C)[C@H]1CC[C@H]2[C@@H]3C(=O)C=C4C[C@@H](O)CC[C@]4(C)[C@H]3CC[C@]12C)C([2H])([2H])[2H]. The van der Waals surface area contributed by atoms with Gasteiger partial charge in [0.2, 0.25) is 0 Å². The van der Waals surface area contributed by atoms with Crippen molar-refractivity contribution in [3.63, 3.8) is 0 Å². The maximum absolute atomic E-state index is 13.5. The second-order valence-corrected chi connectivity index (χ2v) is 11.2. The Hall–Kier alpha value is -0.630. The Bertz CT molecular complexity index is 880. The molecule has 0 unspecified atom stereocenters. The van der Waals surface area contributed by atoms with Gasteiger partial charge in [-0.1, -0.05) is 59.3 Å². The third-order valence-electron chi connectivity index (χ3n) is 9.77. The molecule has 0 bridgehead atoms. The maximum atomic E-state index is 13.5. The minimum Gasteiger partial charge on any atom is -0.393 e. The largest absolute Gasteiger partial charge is 0.393 e. The molecule has 164 valence electrons. The van der Waals surface area contributed by atoms with Gasteiger partial charge in [0.1, 0.15) is 0 Å². The number of carbonyl (C=O) groups excluding carboxylic acids is 1. The van der Waals surface area contributed by atoms with Crippen LogP contribution in [0.1, 0.15) is 108 Å². The highest BCUT2D eigenvalue weighted by Gasteiger charge is 2.61. The number of hydrogen-bond acceptors (Lipinski definition) is 2. The molecule has 0 aliphatic heterocycles. The van der Waals surface area contributed by atoms with Gasteiger partial charge < -0.3 is 5.11 Å². The molecule has 4 rings (SSSR count). The minimum absolute atomic E-state index is 0.00481. The number of carbonyl (C=O) groups is 1. The fraction of sp³-hybridized carbons (Fsp3) is 0.889. The van der Waals surface area contributed by atoms with E-state index in [0.29, 0.717) is 37.0 Å². The molecule has 0 aromatic heterocycles. The first kappa shape index (κ1) is 14.4. The van der Waals surface area contributed by atoms with E-state index >= 15 is 0 Å². The van der Waals surface area contributed by atoms with Gasteiger partial charge in [-0.25, -0.2) is 0 Å². The van der Waals surface area contributed by atoms with Gasteiger partial charge in [0.05, 0.1) is 6.10 Å². The first-order valence-corrected chi connectivity index (χ1v) is 11.9. The Morgan fingerprint density at radius 1 is 1.17 bits per heavy atom. The van der Waals surface area contributed by atoms with Crippen molar-refractivity contribution in [2.24, 2.45) is 46.3 Å². The molecule has 0 spiro atoms. The highest BCUT2D eigenvalue weighted by molar-refractivity contribution is 5.94. The lowest BCUT2D eigenvalue weighted by molar-refractivity contribution is -0.135. The molecule has 2 heteroatoms. The van der Waals surface area contributed by atoms with Crippen molar-refractivity contribution in [1.82, 2.24) is 0 Å². The zero-order valence-electron chi connectivity index (χ0n) is 25.5. The van der Waals surface area contributed by atoms with Gasteiger partial charge in [0.15, 0.2) is 5.78 Å². The Balaban J connectivity index is 1.47. The van der Waals surface area contributed by atoms with Crippen molar-refractivity contribution in [2.75, 3.05) is 0 Å². The van der Waals surface area contributed by atoms with E-state index < -0.39 is 19.6 Å². The van der Waals surface area contributed by atoms with Crippen molar-refractivity contribution in [3.05, 3.63) is 11.6 Å². The molecule has 0 amide bonds. The number of ketones is 1. The Morgan fingerprint density at radius 2 is 1.97 bits per heavy atom. The average Bonchev–Trinajstić information content (AvgIpc) is 3.10. The summed E-state index contributed by atoms with van der Waals surface area (Å²) in [5.74, 6) is -0.800. The summed E-state index contributed by atoms with van der Waals surface area (Å²) in [5.41, 5.74) is 1.20. The number of aliphatic hydroxyl groups excluding tert-OH is 1. The van der Waals surface area contributed by atoms with Crippen LogP contribution in [0.15, 0.2) is 11.6 Å². The summed E-state index contributed by atoms with van der Waals surface area (Å²) in [6.45, 7) is 1.13. The Kier molecular flexibility index (Phi) is 3.89. The molecule has 0 saturated heterocycles. The van der Waals surface area contributed by atoms with Gasteiger partial charge in [0, 0.05) is 15.5 Å². The van der Waals surface area contributed by atoms with E-state index in [1.165, 1.54) is 0 Å². The van der Waals surface area contributed by atoms with Gasteiger partial charge in [-0.05, 0) is 91.4 Å². The zero-order chi connectivity index (χ0) is 26.9. The standard InChI is InChI=1S/C27H44O2/c1-17(2)7-6-8-18(3)21-9-10-22-25-23(12-14-27(21,22)5)26(4)13-11-20(28)15-19(26)16-24(25)29/h16-18,20-23,25,28H,6-15H2,1-5H3/t18-,20+,21-,22+,23+,25+,26+,27-/m1/s1/i1D3,2D3,17D. The maximum Gasteiger partial charge on any atom is 0.159 e. The molecular formula is C27H44O2. The van der Waals surface area contributed by atoms with E-state index in [9.17, 15) is 9.90 Å². The topological polar surface area (TPSA) is 37.3 Å². The van der Waals surface area contributed by atoms with Crippen molar-refractivity contribution in [1.29, 1.82) is 0 Å². The van der Waals surface area contributed by atoms with Gasteiger partial charge >= 0.3 is 0 Å². The summed E-state index contributed by atoms with van der Waals surface area (Å²) >= 11 is 0. The van der Waals surface area contributed by atoms with Crippen LogP contribution in [-0.2, 0) is 4.79 Å². The number of rotatable bonds is 5. The van der Waals surface area contributed by atoms with Gasteiger partial charge in [-0.15, -0.1) is 0 Å². The van der Waals surface area contributed by atoms with Gasteiger partial charge in [-0.2, -0.15) is 0 Å². The minimum atomic E-state index is -2.86. The average molecular weight is 408 g/mol. The summed E-state index contributed by atoms with van der Waals surface area (Å²) in [7, 11) is 0. The lowest BCUT2D eigenvalue weighted by atomic mass is 9.46. The van der Waals surface area contributed by atoms with Crippen molar-refractivity contribution >= 4 is 5.78 Å². The molecule has 0 aromatic rings. The quantitative estimate of drug-likeness (QED) is 0.560. The molecule has 8 atom stereocenters. The van der Waals surface area contributed by atoms with Crippen LogP contribution in [-0.4, -0.2) is 17.0 Å². The smallest absolute Gasteiger partial charge is 0.159 e. The second kappa shape index (κ2) is 7.81. The second-order valence-electron chi connectivity index (χ2n) is 11.2. The van der Waals surface area contributed by atoms with Crippen LogP contribution in [0.4, 0.5) is 0 Å². The first-order valence-electron chi connectivity index (χ1n) is 15.4. The van der Waals surface area contributed by atoms with Crippen LogP contribution < -0.4 is 0 Å². The van der Waals surface area contributed by atoms with Crippen LogP contribution in [0.2, 0.25) is 0 Å². The Labute approximate surface area is 188 Å². The number of hydrogen-bond donors (Lipinski definition) is 1. The van der Waals surface area contributed by atoms with E-state index in [0.717, 1.165) is 44.1 Å². The zero-order valence-corrected chi connectivity index (χ0v) is 18.5. The van der Waals surface area contributed by atoms with Gasteiger partial charge in [-0.3, -0.25) is 4.79 Å². The first-order chi connectivity index (χ1) is 16.5. The molecule has 3 fully saturated rings.